The van der Waals surface area contributed by atoms with E-state index in [1.165, 1.54) is 6.33 Å². The van der Waals surface area contributed by atoms with Gasteiger partial charge < -0.3 is 14.7 Å². The number of carbonyl (C=O) groups is 1. The fourth-order valence-corrected chi connectivity index (χ4v) is 1.25. The van der Waals surface area contributed by atoms with Crippen molar-refractivity contribution >= 4 is 11.8 Å². The predicted molar refractivity (Wildman–Crippen MR) is 58.7 cm³/mol. The molecule has 0 aliphatic carbocycles. The van der Waals surface area contributed by atoms with E-state index in [0.29, 0.717) is 24.8 Å². The number of anilines is 1. The van der Waals surface area contributed by atoms with E-state index < -0.39 is 5.97 Å². The molecule has 16 heavy (non-hydrogen) atoms. The minimum absolute atomic E-state index is 0.0842. The maximum atomic E-state index is 10.6. The monoisotopic (exact) mass is 225 g/mol. The van der Waals surface area contributed by atoms with Crippen molar-refractivity contribution in [3.8, 4) is 5.88 Å². The van der Waals surface area contributed by atoms with E-state index in [-0.39, 0.29) is 6.54 Å². The van der Waals surface area contributed by atoms with Gasteiger partial charge >= 0.3 is 5.97 Å². The maximum Gasteiger partial charge on any atom is 0.323 e. The van der Waals surface area contributed by atoms with E-state index in [2.05, 4.69) is 9.97 Å². The van der Waals surface area contributed by atoms with Crippen molar-refractivity contribution in [1.82, 2.24) is 9.97 Å². The number of carboxylic acid groups (broad SMARTS) is 1. The fraction of sp³-hybridized carbons (Fsp3) is 0.500. The maximum absolute atomic E-state index is 10.6. The van der Waals surface area contributed by atoms with Crippen LogP contribution in [0.4, 0.5) is 5.82 Å². The Balaban J connectivity index is 2.83. The molecular weight excluding hydrogens is 210 g/mol. The van der Waals surface area contributed by atoms with Gasteiger partial charge in [0.1, 0.15) is 18.7 Å². The summed E-state index contributed by atoms with van der Waals surface area (Å²) in [6.45, 7) is 4.72. The molecule has 1 N–H and O–H groups in total. The topological polar surface area (TPSA) is 75.5 Å². The van der Waals surface area contributed by atoms with Crippen LogP contribution < -0.4 is 9.64 Å². The molecule has 0 saturated carbocycles. The van der Waals surface area contributed by atoms with Gasteiger partial charge in [-0.15, -0.1) is 0 Å². The lowest BCUT2D eigenvalue weighted by molar-refractivity contribution is -0.135. The SMILES string of the molecule is CCOc1cc(N(CC)CC(=O)O)ncn1. The van der Waals surface area contributed by atoms with Gasteiger partial charge in [-0.05, 0) is 13.8 Å². The first kappa shape index (κ1) is 12.2. The summed E-state index contributed by atoms with van der Waals surface area (Å²) in [5.74, 6) is 0.123. The highest BCUT2D eigenvalue weighted by atomic mass is 16.5. The van der Waals surface area contributed by atoms with E-state index in [0.717, 1.165) is 0 Å². The van der Waals surface area contributed by atoms with Crippen molar-refractivity contribution in [2.75, 3.05) is 24.6 Å². The number of likely N-dealkylation sites (N-methyl/N-ethyl adjacent to an activating group) is 1. The molecule has 0 saturated heterocycles. The Morgan fingerprint density at radius 3 is 2.81 bits per heavy atom. The van der Waals surface area contributed by atoms with Crippen LogP contribution >= 0.6 is 0 Å². The van der Waals surface area contributed by atoms with Crippen LogP contribution in [0.25, 0.3) is 0 Å². The van der Waals surface area contributed by atoms with Crippen molar-refractivity contribution in [3.05, 3.63) is 12.4 Å². The van der Waals surface area contributed by atoms with Crippen LogP contribution in [0.5, 0.6) is 5.88 Å². The second-order valence-electron chi connectivity index (χ2n) is 3.06. The van der Waals surface area contributed by atoms with Crippen molar-refractivity contribution in [2.45, 2.75) is 13.8 Å². The van der Waals surface area contributed by atoms with Crippen LogP contribution in [-0.2, 0) is 4.79 Å². The molecule has 6 heteroatoms. The van der Waals surface area contributed by atoms with Crippen LogP contribution in [0.3, 0.4) is 0 Å². The molecule has 0 spiro atoms. The summed E-state index contributed by atoms with van der Waals surface area (Å²) in [7, 11) is 0. The average Bonchev–Trinajstić information content (AvgIpc) is 2.26. The molecule has 88 valence electrons. The van der Waals surface area contributed by atoms with Crippen LogP contribution in [0.2, 0.25) is 0 Å². The van der Waals surface area contributed by atoms with Gasteiger partial charge in [0.05, 0.1) is 6.61 Å². The predicted octanol–water partition coefficient (Wildman–Crippen LogP) is 0.786. The summed E-state index contributed by atoms with van der Waals surface area (Å²) in [4.78, 5) is 20.2. The van der Waals surface area contributed by atoms with Gasteiger partial charge in [-0.25, -0.2) is 9.97 Å². The highest BCUT2D eigenvalue weighted by Crippen LogP contribution is 2.15. The number of hydrogen-bond donors (Lipinski definition) is 1. The minimum atomic E-state index is -0.890. The molecule has 1 aromatic heterocycles. The van der Waals surface area contributed by atoms with Gasteiger partial charge in [0.15, 0.2) is 0 Å². The molecule has 1 rings (SSSR count). The molecule has 0 atom stereocenters. The second kappa shape index (κ2) is 5.89. The summed E-state index contributed by atoms with van der Waals surface area (Å²) < 4.78 is 5.22. The molecule has 0 fully saturated rings. The van der Waals surface area contributed by atoms with Crippen molar-refractivity contribution < 1.29 is 14.6 Å². The Hall–Kier alpha value is -1.85. The Kier molecular flexibility index (Phi) is 4.50. The number of carboxylic acids is 1. The molecule has 0 radical (unpaired) electrons. The van der Waals surface area contributed by atoms with E-state index in [1.807, 2.05) is 13.8 Å². The van der Waals surface area contributed by atoms with Crippen molar-refractivity contribution in [1.29, 1.82) is 0 Å². The minimum Gasteiger partial charge on any atom is -0.480 e. The highest BCUT2D eigenvalue weighted by molar-refractivity contribution is 5.73. The Bertz CT molecular complexity index is 357. The Morgan fingerprint density at radius 1 is 1.50 bits per heavy atom. The Labute approximate surface area is 93.9 Å². The molecular formula is C10H15N3O3. The van der Waals surface area contributed by atoms with Gasteiger partial charge in [0.25, 0.3) is 0 Å². The molecule has 1 heterocycles. The van der Waals surface area contributed by atoms with Crippen LogP contribution in [0.1, 0.15) is 13.8 Å². The smallest absolute Gasteiger partial charge is 0.323 e. The first-order valence-corrected chi connectivity index (χ1v) is 5.09. The number of ether oxygens (including phenoxy) is 1. The second-order valence-corrected chi connectivity index (χ2v) is 3.06. The Morgan fingerprint density at radius 2 is 2.25 bits per heavy atom. The van der Waals surface area contributed by atoms with E-state index in [9.17, 15) is 4.79 Å². The fourth-order valence-electron chi connectivity index (χ4n) is 1.25. The number of nitrogens with zero attached hydrogens (tertiary/aromatic N) is 3. The number of rotatable bonds is 6. The third kappa shape index (κ3) is 3.38. The summed E-state index contributed by atoms with van der Waals surface area (Å²) in [5.41, 5.74) is 0. The van der Waals surface area contributed by atoms with Crippen LogP contribution in [-0.4, -0.2) is 40.7 Å². The first-order valence-electron chi connectivity index (χ1n) is 5.09. The van der Waals surface area contributed by atoms with Crippen molar-refractivity contribution in [2.24, 2.45) is 0 Å². The lowest BCUT2D eigenvalue weighted by atomic mass is 10.4. The molecule has 0 aromatic carbocycles. The standard InChI is InChI=1S/C10H15N3O3/c1-3-13(6-10(14)15)8-5-9(16-4-2)12-7-11-8/h5,7H,3-4,6H2,1-2H3,(H,14,15). The summed E-state index contributed by atoms with van der Waals surface area (Å²) in [6.07, 6.45) is 1.37. The summed E-state index contributed by atoms with van der Waals surface area (Å²) >= 11 is 0. The third-order valence-corrected chi connectivity index (χ3v) is 1.95. The zero-order valence-electron chi connectivity index (χ0n) is 9.38. The van der Waals surface area contributed by atoms with Gasteiger partial charge in [-0.3, -0.25) is 4.79 Å². The van der Waals surface area contributed by atoms with Gasteiger partial charge in [0.2, 0.25) is 5.88 Å². The molecule has 0 aliphatic heterocycles. The molecule has 1 aromatic rings. The number of aliphatic carboxylic acids is 1. The van der Waals surface area contributed by atoms with E-state index in [4.69, 9.17) is 9.84 Å². The molecule has 0 aliphatic rings. The summed E-state index contributed by atoms with van der Waals surface area (Å²) in [6, 6.07) is 1.63. The lowest BCUT2D eigenvalue weighted by Crippen LogP contribution is -2.30. The number of hydrogen-bond acceptors (Lipinski definition) is 5. The molecule has 0 amide bonds. The first-order chi connectivity index (χ1) is 7.67. The zero-order chi connectivity index (χ0) is 12.0. The zero-order valence-corrected chi connectivity index (χ0v) is 9.38. The average molecular weight is 225 g/mol. The largest absolute Gasteiger partial charge is 0.480 e. The van der Waals surface area contributed by atoms with Gasteiger partial charge in [0, 0.05) is 12.6 Å². The number of aromatic nitrogens is 2. The molecule has 0 bridgehead atoms. The molecule has 0 unspecified atom stereocenters. The van der Waals surface area contributed by atoms with E-state index in [1.54, 1.807) is 11.0 Å². The normalized spacial score (nSPS) is 9.88. The van der Waals surface area contributed by atoms with E-state index >= 15 is 0 Å². The summed E-state index contributed by atoms with van der Waals surface area (Å²) in [5, 5.41) is 8.73. The third-order valence-electron chi connectivity index (χ3n) is 1.95. The van der Waals surface area contributed by atoms with Crippen LogP contribution in [0, 0.1) is 0 Å². The van der Waals surface area contributed by atoms with Gasteiger partial charge in [-0.2, -0.15) is 0 Å². The highest BCUT2D eigenvalue weighted by Gasteiger charge is 2.10. The van der Waals surface area contributed by atoms with Crippen LogP contribution in [0.15, 0.2) is 12.4 Å². The lowest BCUT2D eigenvalue weighted by Gasteiger charge is -2.19. The molecule has 6 nitrogen and oxygen atoms in total. The van der Waals surface area contributed by atoms with Gasteiger partial charge in [-0.1, -0.05) is 0 Å². The quantitative estimate of drug-likeness (QED) is 0.771. The van der Waals surface area contributed by atoms with Crippen molar-refractivity contribution in [3.63, 3.8) is 0 Å².